The van der Waals surface area contributed by atoms with Crippen molar-refractivity contribution in [3.8, 4) is 16.9 Å². The number of benzene rings is 2. The molecule has 1 atom stereocenters. The van der Waals surface area contributed by atoms with Gasteiger partial charge in [-0.05, 0) is 50.3 Å². The van der Waals surface area contributed by atoms with E-state index in [1.54, 1.807) is 9.58 Å². The third-order valence-electron chi connectivity index (χ3n) is 7.60. The Bertz CT molecular complexity index is 1390. The van der Waals surface area contributed by atoms with Crippen LogP contribution in [0.5, 0.6) is 0 Å². The molecule has 0 spiro atoms. The Labute approximate surface area is 222 Å². The number of para-hydroxylation sites is 1. The molecule has 7 nitrogen and oxygen atoms in total. The lowest BCUT2D eigenvalue weighted by molar-refractivity contribution is -0.140. The second-order valence-electron chi connectivity index (χ2n) is 10.3. The highest BCUT2D eigenvalue weighted by molar-refractivity contribution is 5.88. The lowest BCUT2D eigenvalue weighted by Crippen LogP contribution is -2.43. The second-order valence-corrected chi connectivity index (χ2v) is 10.3. The van der Waals surface area contributed by atoms with Crippen LogP contribution in [0, 0.1) is 17.6 Å². The van der Waals surface area contributed by atoms with Gasteiger partial charge in [0, 0.05) is 23.1 Å². The Morgan fingerprint density at radius 1 is 1.11 bits per heavy atom. The van der Waals surface area contributed by atoms with Crippen LogP contribution in [0.15, 0.2) is 30.3 Å². The van der Waals surface area contributed by atoms with Crippen LogP contribution in [0.3, 0.4) is 0 Å². The first-order valence-electron chi connectivity index (χ1n) is 13.1. The second kappa shape index (κ2) is 10.2. The zero-order chi connectivity index (χ0) is 27.9. The van der Waals surface area contributed by atoms with Crippen molar-refractivity contribution >= 4 is 17.6 Å². The number of hydrogen-bond acceptors (Lipinski definition) is 3. The van der Waals surface area contributed by atoms with E-state index < -0.39 is 23.2 Å². The van der Waals surface area contributed by atoms with Gasteiger partial charge in [-0.15, -0.1) is 0 Å². The predicted molar refractivity (Wildman–Crippen MR) is 144 cm³/mol. The third-order valence-corrected chi connectivity index (χ3v) is 7.60. The van der Waals surface area contributed by atoms with Crippen molar-refractivity contribution in [2.24, 2.45) is 11.7 Å². The summed E-state index contributed by atoms with van der Waals surface area (Å²) in [4.78, 5) is 26.4. The molecular weight excluding hydrogens is 488 g/mol. The first-order chi connectivity index (χ1) is 18.0. The Balaban J connectivity index is 2.03. The fraction of sp³-hybridized carbons (Fsp3) is 0.414. The molecule has 2 heterocycles. The summed E-state index contributed by atoms with van der Waals surface area (Å²) in [6.07, 6.45) is 2.12. The van der Waals surface area contributed by atoms with E-state index in [0.29, 0.717) is 36.2 Å². The number of aromatic nitrogens is 2. The molecule has 2 aromatic carbocycles. The maximum Gasteiger partial charge on any atom is 0.316 e. The number of fused-ring (bicyclic) bond motifs is 1. The Morgan fingerprint density at radius 2 is 1.74 bits per heavy atom. The van der Waals surface area contributed by atoms with E-state index in [2.05, 4.69) is 5.32 Å². The summed E-state index contributed by atoms with van der Waals surface area (Å²) in [6, 6.07) is 6.98. The number of aryl methyl sites for hydroxylation is 2. The van der Waals surface area contributed by atoms with Crippen LogP contribution in [0.1, 0.15) is 70.3 Å². The lowest BCUT2D eigenvalue weighted by Gasteiger charge is -2.33. The number of amides is 3. The van der Waals surface area contributed by atoms with Crippen LogP contribution in [-0.2, 0) is 29.7 Å². The van der Waals surface area contributed by atoms with Crippen LogP contribution < -0.4 is 11.1 Å². The van der Waals surface area contributed by atoms with E-state index in [1.807, 2.05) is 59.7 Å². The van der Waals surface area contributed by atoms with Gasteiger partial charge in [-0.1, -0.05) is 45.9 Å². The Morgan fingerprint density at radius 3 is 2.29 bits per heavy atom. The minimum Gasteiger partial charge on any atom is -0.351 e. The van der Waals surface area contributed by atoms with Gasteiger partial charge in [-0.3, -0.25) is 4.79 Å². The lowest BCUT2D eigenvalue weighted by atomic mass is 9.97. The van der Waals surface area contributed by atoms with Crippen molar-refractivity contribution in [3.05, 3.63) is 64.4 Å². The number of nitrogens with zero attached hydrogens (tertiary/aromatic N) is 3. The zero-order valence-corrected chi connectivity index (χ0v) is 22.8. The van der Waals surface area contributed by atoms with Crippen LogP contribution in [0.2, 0.25) is 0 Å². The molecule has 3 amide bonds. The molecular formula is C29H35F2N5O2. The van der Waals surface area contributed by atoms with Gasteiger partial charge in [0.05, 0.1) is 34.8 Å². The smallest absolute Gasteiger partial charge is 0.316 e. The molecule has 0 aliphatic carbocycles. The first-order valence-corrected chi connectivity index (χ1v) is 13.1. The highest BCUT2D eigenvalue weighted by Gasteiger charge is 2.46. The van der Waals surface area contributed by atoms with E-state index in [0.717, 1.165) is 28.9 Å². The number of hydrogen-bond donors (Lipinski definition) is 2. The number of anilines is 1. The highest BCUT2D eigenvalue weighted by atomic mass is 19.1. The molecule has 1 aliphatic rings. The van der Waals surface area contributed by atoms with Gasteiger partial charge in [-0.25, -0.2) is 18.3 Å². The number of carbonyl (C=O) groups excluding carboxylic acids is 2. The SMILES string of the molecule is CCc1cccc(CC)c1-n1nc2c(c1-c1cc(F)c(NC(N)=O)cc1F)CN(C(=O)C(C)CC)C2(C)C. The predicted octanol–water partition coefficient (Wildman–Crippen LogP) is 6.06. The summed E-state index contributed by atoms with van der Waals surface area (Å²) in [5.41, 5.74) is 8.60. The molecule has 0 fully saturated rings. The number of nitrogens with one attached hydrogen (secondary N) is 1. The van der Waals surface area contributed by atoms with Crippen LogP contribution >= 0.6 is 0 Å². The van der Waals surface area contributed by atoms with Crippen LogP contribution in [-0.4, -0.2) is 26.6 Å². The molecule has 202 valence electrons. The van der Waals surface area contributed by atoms with Crippen molar-refractivity contribution < 1.29 is 18.4 Å². The summed E-state index contributed by atoms with van der Waals surface area (Å²) >= 11 is 0. The highest BCUT2D eigenvalue weighted by Crippen LogP contribution is 2.46. The van der Waals surface area contributed by atoms with Gasteiger partial charge < -0.3 is 16.0 Å². The Kier molecular flexibility index (Phi) is 7.32. The normalized spacial score (nSPS) is 14.9. The number of nitrogens with two attached hydrogens (primary N) is 1. The summed E-state index contributed by atoms with van der Waals surface area (Å²) < 4.78 is 32.6. The van der Waals surface area contributed by atoms with Crippen molar-refractivity contribution in [1.82, 2.24) is 14.7 Å². The van der Waals surface area contributed by atoms with Gasteiger partial charge in [0.2, 0.25) is 5.91 Å². The zero-order valence-electron chi connectivity index (χ0n) is 22.8. The molecule has 9 heteroatoms. The maximum absolute atomic E-state index is 15.7. The molecule has 0 radical (unpaired) electrons. The molecule has 3 aromatic rings. The minimum atomic E-state index is -0.993. The summed E-state index contributed by atoms with van der Waals surface area (Å²) in [5.74, 6) is -1.76. The molecule has 0 saturated heterocycles. The third kappa shape index (κ3) is 4.44. The maximum atomic E-state index is 15.7. The quantitative estimate of drug-likeness (QED) is 0.394. The topological polar surface area (TPSA) is 93.2 Å². The number of primary amides is 1. The average molecular weight is 524 g/mol. The van der Waals surface area contributed by atoms with E-state index in [9.17, 15) is 9.59 Å². The molecule has 1 aliphatic heterocycles. The fourth-order valence-corrected chi connectivity index (χ4v) is 5.25. The van der Waals surface area contributed by atoms with E-state index >= 15 is 8.78 Å². The summed E-state index contributed by atoms with van der Waals surface area (Å²) in [6.45, 7) is 12.0. The minimum absolute atomic E-state index is 0.00660. The van der Waals surface area contributed by atoms with Crippen molar-refractivity contribution in [1.29, 1.82) is 0 Å². The fourth-order valence-electron chi connectivity index (χ4n) is 5.25. The van der Waals surface area contributed by atoms with Crippen molar-refractivity contribution in [2.75, 3.05) is 5.32 Å². The molecule has 3 N–H and O–H groups in total. The van der Waals surface area contributed by atoms with Gasteiger partial charge >= 0.3 is 6.03 Å². The van der Waals surface area contributed by atoms with Gasteiger partial charge in [0.15, 0.2) is 0 Å². The van der Waals surface area contributed by atoms with E-state index in [1.165, 1.54) is 0 Å². The molecule has 0 bridgehead atoms. The number of halogens is 2. The van der Waals surface area contributed by atoms with E-state index in [4.69, 9.17) is 10.8 Å². The van der Waals surface area contributed by atoms with Gasteiger partial charge in [0.1, 0.15) is 11.6 Å². The monoisotopic (exact) mass is 523 g/mol. The number of rotatable bonds is 7. The molecule has 4 rings (SSSR count). The first kappa shape index (κ1) is 27.3. The molecule has 1 aromatic heterocycles. The average Bonchev–Trinajstić information content (AvgIpc) is 3.38. The van der Waals surface area contributed by atoms with Crippen molar-refractivity contribution in [3.63, 3.8) is 0 Å². The van der Waals surface area contributed by atoms with E-state index in [-0.39, 0.29) is 29.6 Å². The number of urea groups is 1. The van der Waals surface area contributed by atoms with Gasteiger partial charge in [-0.2, -0.15) is 5.10 Å². The standard InChI is InChI=1S/C29H35F2N5O2/c1-7-16(4)27(37)35-15-20-25(19-13-22(31)23(14-21(19)30)33-28(32)38)36(34-26(20)29(35,5)6)24-17(8-2)11-10-12-18(24)9-3/h10-14,16H,7-9,15H2,1-6H3,(H3,32,33,38). The van der Waals surface area contributed by atoms with Gasteiger partial charge in [0.25, 0.3) is 0 Å². The summed E-state index contributed by atoms with van der Waals surface area (Å²) in [5, 5.41) is 7.13. The Hall–Kier alpha value is -3.75. The van der Waals surface area contributed by atoms with Crippen LogP contribution in [0.25, 0.3) is 16.9 Å². The largest absolute Gasteiger partial charge is 0.351 e. The molecule has 1 unspecified atom stereocenters. The molecule has 38 heavy (non-hydrogen) atoms. The summed E-state index contributed by atoms with van der Waals surface area (Å²) in [7, 11) is 0. The van der Waals surface area contributed by atoms with Crippen molar-refractivity contribution in [2.45, 2.75) is 72.9 Å². The van der Waals surface area contributed by atoms with Crippen LogP contribution in [0.4, 0.5) is 19.3 Å². The molecule has 0 saturated carbocycles. The number of carbonyl (C=O) groups is 2.